The first-order valence-corrected chi connectivity index (χ1v) is 11.4. The number of rotatable bonds is 5. The van der Waals surface area contributed by atoms with Crippen LogP contribution in [0, 0.1) is 17.3 Å². The second-order valence-electron chi connectivity index (χ2n) is 10.3. The fraction of sp³-hybridized carbons (Fsp3) is 0.654. The Hall–Kier alpha value is -1.52. The van der Waals surface area contributed by atoms with Crippen LogP contribution in [0.4, 0.5) is 4.39 Å². The molecule has 3 aliphatic rings. The smallest absolute Gasteiger partial charge is 0.193 e. The molecular formula is C26H37FO3. The van der Waals surface area contributed by atoms with E-state index in [0.29, 0.717) is 17.4 Å². The molecule has 166 valence electrons. The molecular weight excluding hydrogens is 379 g/mol. The van der Waals surface area contributed by atoms with Crippen LogP contribution in [-0.4, -0.2) is 33.9 Å². The summed E-state index contributed by atoms with van der Waals surface area (Å²) < 4.78 is 13.8. The van der Waals surface area contributed by atoms with Gasteiger partial charge >= 0.3 is 0 Å². The number of Topliss-reactive ketones (excluding diaryl/α,β-unsaturated/α-hetero) is 1. The molecule has 3 aliphatic carbocycles. The molecule has 3 nitrogen and oxygen atoms in total. The summed E-state index contributed by atoms with van der Waals surface area (Å²) in [4.78, 5) is 12.1. The molecule has 0 radical (unpaired) electrons. The molecule has 0 amide bonds. The predicted molar refractivity (Wildman–Crippen MR) is 119 cm³/mol. The average molecular weight is 417 g/mol. The van der Waals surface area contributed by atoms with Crippen LogP contribution in [0.1, 0.15) is 72.6 Å². The van der Waals surface area contributed by atoms with Crippen LogP contribution in [-0.2, 0) is 4.79 Å². The zero-order valence-electron chi connectivity index (χ0n) is 18.8. The van der Waals surface area contributed by atoms with E-state index < -0.39 is 23.7 Å². The van der Waals surface area contributed by atoms with E-state index in [4.69, 9.17) is 0 Å². The van der Waals surface area contributed by atoms with Crippen LogP contribution >= 0.6 is 0 Å². The van der Waals surface area contributed by atoms with Gasteiger partial charge in [-0.2, -0.15) is 0 Å². The molecule has 0 bridgehead atoms. The number of aliphatic hydroxyl groups is 2. The molecule has 30 heavy (non-hydrogen) atoms. The lowest BCUT2D eigenvalue weighted by molar-refractivity contribution is -0.123. The third-order valence-electron chi connectivity index (χ3n) is 7.19. The number of aliphatic hydroxyl groups excluding tert-OH is 1. The third kappa shape index (κ3) is 5.03. The van der Waals surface area contributed by atoms with Crippen LogP contribution < -0.4 is 0 Å². The van der Waals surface area contributed by atoms with E-state index in [1.165, 1.54) is 11.1 Å². The molecule has 0 aliphatic heterocycles. The summed E-state index contributed by atoms with van der Waals surface area (Å²) in [5.41, 5.74) is 2.58. The first-order chi connectivity index (χ1) is 14.0. The molecule has 4 heteroatoms. The second-order valence-corrected chi connectivity index (χ2v) is 10.3. The maximum atomic E-state index is 13.8. The molecule has 0 heterocycles. The van der Waals surface area contributed by atoms with E-state index in [9.17, 15) is 19.4 Å². The Balaban J connectivity index is 1.75. The Morgan fingerprint density at radius 3 is 2.80 bits per heavy atom. The first kappa shape index (κ1) is 23.1. The number of carbonyl (C=O) groups is 1. The number of halogens is 1. The summed E-state index contributed by atoms with van der Waals surface area (Å²) in [5.74, 6) is 0.371. The van der Waals surface area contributed by atoms with Crippen molar-refractivity contribution in [3.05, 3.63) is 47.1 Å². The molecule has 0 aromatic rings. The summed E-state index contributed by atoms with van der Waals surface area (Å²) in [5, 5.41) is 19.7. The van der Waals surface area contributed by atoms with Crippen molar-refractivity contribution in [2.45, 2.75) is 90.5 Å². The minimum Gasteiger partial charge on any atom is -0.393 e. The standard InChI is InChI=1S/C26H37FO3/c1-17(7-5-13-25(2,3)30)21-11-12-22-18(8-6-14-26(21,22)4)9-10-19-15-20(28)16-23(27)24(19)29/h5,9-11,13,17,20,22-23,28,30H,6-8,12,14-16H2,1-4H3/b13-5+,18-9-,19-10+. The number of hydrogen-bond donors (Lipinski definition) is 2. The average Bonchev–Trinajstić information content (AvgIpc) is 3.00. The Kier molecular flexibility index (Phi) is 6.88. The van der Waals surface area contributed by atoms with E-state index in [1.807, 2.05) is 12.2 Å². The van der Waals surface area contributed by atoms with E-state index in [0.717, 1.165) is 32.1 Å². The molecule has 2 N–H and O–H groups in total. The van der Waals surface area contributed by atoms with Crippen molar-refractivity contribution in [3.63, 3.8) is 0 Å². The zero-order chi connectivity index (χ0) is 22.1. The number of ketones is 1. The van der Waals surface area contributed by atoms with Gasteiger partial charge in [0.25, 0.3) is 0 Å². The molecule has 3 rings (SSSR count). The van der Waals surface area contributed by atoms with E-state index in [2.05, 4.69) is 26.0 Å². The lowest BCUT2D eigenvalue weighted by Crippen LogP contribution is -2.32. The lowest BCUT2D eigenvalue weighted by Gasteiger charge is -2.42. The summed E-state index contributed by atoms with van der Waals surface area (Å²) >= 11 is 0. The van der Waals surface area contributed by atoms with Crippen LogP contribution in [0.2, 0.25) is 0 Å². The maximum Gasteiger partial charge on any atom is 0.193 e. The van der Waals surface area contributed by atoms with E-state index in [-0.39, 0.29) is 18.3 Å². The predicted octanol–water partition coefficient (Wildman–Crippen LogP) is 5.39. The van der Waals surface area contributed by atoms with Gasteiger partial charge in [0.2, 0.25) is 0 Å². The summed E-state index contributed by atoms with van der Waals surface area (Å²) in [7, 11) is 0. The minimum absolute atomic E-state index is 0.0828. The van der Waals surface area contributed by atoms with Crippen molar-refractivity contribution in [3.8, 4) is 0 Å². The molecule has 5 unspecified atom stereocenters. The Labute approximate surface area is 180 Å². The normalized spacial score (nSPS) is 36.4. The van der Waals surface area contributed by atoms with Gasteiger partial charge in [0, 0.05) is 18.4 Å². The van der Waals surface area contributed by atoms with Crippen LogP contribution in [0.3, 0.4) is 0 Å². The highest BCUT2D eigenvalue weighted by Crippen LogP contribution is 2.56. The van der Waals surface area contributed by atoms with Crippen molar-refractivity contribution >= 4 is 5.78 Å². The molecule has 0 aromatic carbocycles. The van der Waals surface area contributed by atoms with Crippen molar-refractivity contribution in [1.29, 1.82) is 0 Å². The van der Waals surface area contributed by atoms with Crippen molar-refractivity contribution in [2.24, 2.45) is 17.3 Å². The molecule has 0 saturated heterocycles. The van der Waals surface area contributed by atoms with Gasteiger partial charge in [0.15, 0.2) is 12.0 Å². The highest BCUT2D eigenvalue weighted by molar-refractivity contribution is 5.99. The highest BCUT2D eigenvalue weighted by Gasteiger charge is 2.45. The quantitative estimate of drug-likeness (QED) is 0.467. The monoisotopic (exact) mass is 416 g/mol. The highest BCUT2D eigenvalue weighted by atomic mass is 19.1. The largest absolute Gasteiger partial charge is 0.393 e. The molecule has 0 spiro atoms. The Morgan fingerprint density at radius 1 is 1.37 bits per heavy atom. The third-order valence-corrected chi connectivity index (χ3v) is 7.19. The van der Waals surface area contributed by atoms with Crippen LogP contribution in [0.5, 0.6) is 0 Å². The fourth-order valence-electron chi connectivity index (χ4n) is 5.65. The number of fused-ring (bicyclic) bond motifs is 1. The number of alkyl halides is 1. The zero-order valence-corrected chi connectivity index (χ0v) is 18.8. The van der Waals surface area contributed by atoms with Gasteiger partial charge in [0.1, 0.15) is 0 Å². The molecule has 5 atom stereocenters. The van der Waals surface area contributed by atoms with Crippen molar-refractivity contribution < 1.29 is 19.4 Å². The van der Waals surface area contributed by atoms with Gasteiger partial charge in [-0.1, -0.05) is 55.4 Å². The Bertz CT molecular complexity index is 783. The van der Waals surface area contributed by atoms with Crippen LogP contribution in [0.25, 0.3) is 0 Å². The molecule has 2 saturated carbocycles. The fourth-order valence-corrected chi connectivity index (χ4v) is 5.65. The van der Waals surface area contributed by atoms with E-state index >= 15 is 0 Å². The summed E-state index contributed by atoms with van der Waals surface area (Å²) in [6, 6.07) is 0. The van der Waals surface area contributed by atoms with Gasteiger partial charge in [-0.05, 0) is 63.2 Å². The number of allylic oxidation sites excluding steroid dienone is 6. The molecule has 0 aromatic heterocycles. The topological polar surface area (TPSA) is 57.5 Å². The summed E-state index contributed by atoms with van der Waals surface area (Å²) in [6.07, 6.45) is 13.2. The minimum atomic E-state index is -1.58. The van der Waals surface area contributed by atoms with Gasteiger partial charge in [-0.15, -0.1) is 0 Å². The summed E-state index contributed by atoms with van der Waals surface area (Å²) in [6.45, 7) is 8.19. The first-order valence-electron chi connectivity index (χ1n) is 11.4. The second kappa shape index (κ2) is 8.92. The number of carbonyl (C=O) groups excluding carboxylic acids is 1. The maximum absolute atomic E-state index is 13.8. The molecule has 2 fully saturated rings. The van der Waals surface area contributed by atoms with Gasteiger partial charge < -0.3 is 10.2 Å². The lowest BCUT2D eigenvalue weighted by atomic mass is 9.62. The van der Waals surface area contributed by atoms with Crippen molar-refractivity contribution in [2.75, 3.05) is 0 Å². The SMILES string of the molecule is CC(C/C=C/C(C)(C)O)C1=CCC2/C(=C\C=C3/CC(O)CC(F)C3=O)CCCC12C. The number of hydrogen-bond acceptors (Lipinski definition) is 3. The van der Waals surface area contributed by atoms with Crippen LogP contribution in [0.15, 0.2) is 47.1 Å². The Morgan fingerprint density at radius 2 is 2.10 bits per heavy atom. The van der Waals surface area contributed by atoms with Gasteiger partial charge in [-0.3, -0.25) is 4.79 Å². The van der Waals surface area contributed by atoms with Crippen molar-refractivity contribution in [1.82, 2.24) is 0 Å². The van der Waals surface area contributed by atoms with Gasteiger partial charge in [-0.25, -0.2) is 4.39 Å². The van der Waals surface area contributed by atoms with Gasteiger partial charge in [0.05, 0.1) is 11.7 Å². The van der Waals surface area contributed by atoms with E-state index in [1.54, 1.807) is 19.9 Å².